The highest BCUT2D eigenvalue weighted by molar-refractivity contribution is 5.23. The van der Waals surface area contributed by atoms with Crippen molar-refractivity contribution in [3.63, 3.8) is 0 Å². The quantitative estimate of drug-likeness (QED) is 0.856. The summed E-state index contributed by atoms with van der Waals surface area (Å²) in [5, 5.41) is 21.7. The lowest BCUT2D eigenvalue weighted by molar-refractivity contribution is -0.188. The highest BCUT2D eigenvalue weighted by atomic mass is 16.4. The van der Waals surface area contributed by atoms with Crippen LogP contribution in [0.15, 0.2) is 45.6 Å². The Hall–Kier alpha value is -1.52. The molecule has 2 unspecified atom stereocenters. The van der Waals surface area contributed by atoms with Gasteiger partial charge < -0.3 is 19.0 Å². The molecule has 0 aromatic carbocycles. The van der Waals surface area contributed by atoms with Gasteiger partial charge in [0.25, 0.3) is 0 Å². The third-order valence-corrected chi connectivity index (χ3v) is 3.57. The van der Waals surface area contributed by atoms with Crippen molar-refractivity contribution in [2.75, 3.05) is 0 Å². The minimum Gasteiger partial charge on any atom is -0.466 e. The summed E-state index contributed by atoms with van der Waals surface area (Å²) in [4.78, 5) is 0. The molecule has 4 heteroatoms. The Morgan fingerprint density at radius 3 is 1.50 bits per heavy atom. The van der Waals surface area contributed by atoms with Gasteiger partial charge in [0.05, 0.1) is 12.5 Å². The van der Waals surface area contributed by atoms with E-state index in [9.17, 15) is 10.2 Å². The van der Waals surface area contributed by atoms with Crippen LogP contribution in [0, 0.1) is 0 Å². The first-order valence-corrected chi connectivity index (χ1v) is 6.11. The van der Waals surface area contributed by atoms with Crippen LogP contribution in [0.1, 0.15) is 38.2 Å². The Kier molecular flexibility index (Phi) is 3.32. The van der Waals surface area contributed by atoms with Crippen molar-refractivity contribution in [2.24, 2.45) is 0 Å². The fourth-order valence-corrected chi connectivity index (χ4v) is 2.37. The van der Waals surface area contributed by atoms with Gasteiger partial charge in [0.2, 0.25) is 0 Å². The van der Waals surface area contributed by atoms with E-state index < -0.39 is 11.2 Å². The zero-order chi connectivity index (χ0) is 13.2. The van der Waals surface area contributed by atoms with Crippen LogP contribution in [0.2, 0.25) is 0 Å². The Bertz CT molecular complexity index is 428. The van der Waals surface area contributed by atoms with Gasteiger partial charge in [-0.2, -0.15) is 0 Å². The molecule has 0 saturated carbocycles. The summed E-state index contributed by atoms with van der Waals surface area (Å²) in [6, 6.07) is 6.70. The average Bonchev–Trinajstić information content (AvgIpc) is 3.08. The molecule has 18 heavy (non-hydrogen) atoms. The molecule has 0 amide bonds. The second kappa shape index (κ2) is 4.63. The maximum atomic E-state index is 10.9. The van der Waals surface area contributed by atoms with Gasteiger partial charge in [-0.25, -0.2) is 0 Å². The number of furan rings is 2. The summed E-state index contributed by atoms with van der Waals surface area (Å²) in [7, 11) is 0. The average molecular weight is 250 g/mol. The molecule has 98 valence electrons. The molecule has 2 heterocycles. The van der Waals surface area contributed by atoms with Crippen molar-refractivity contribution in [2.45, 2.75) is 37.9 Å². The van der Waals surface area contributed by atoms with E-state index in [1.807, 2.05) is 0 Å². The monoisotopic (exact) mass is 250 g/mol. The first kappa shape index (κ1) is 12.9. The van der Waals surface area contributed by atoms with Gasteiger partial charge in [0.15, 0.2) is 11.2 Å². The molecule has 0 aliphatic rings. The van der Waals surface area contributed by atoms with Crippen LogP contribution in [0.5, 0.6) is 0 Å². The van der Waals surface area contributed by atoms with E-state index in [1.54, 1.807) is 38.1 Å². The van der Waals surface area contributed by atoms with Gasteiger partial charge in [0.1, 0.15) is 11.5 Å². The van der Waals surface area contributed by atoms with Crippen LogP contribution >= 0.6 is 0 Å². The lowest BCUT2D eigenvalue weighted by atomic mass is 9.75. The van der Waals surface area contributed by atoms with Crippen LogP contribution < -0.4 is 0 Å². The van der Waals surface area contributed by atoms with Gasteiger partial charge in [-0.1, -0.05) is 13.8 Å². The molecule has 0 aliphatic heterocycles. The Morgan fingerprint density at radius 2 is 1.28 bits per heavy atom. The summed E-state index contributed by atoms with van der Waals surface area (Å²) >= 11 is 0. The van der Waals surface area contributed by atoms with Crippen molar-refractivity contribution >= 4 is 0 Å². The molecule has 2 aromatic heterocycles. The van der Waals surface area contributed by atoms with Crippen molar-refractivity contribution < 1.29 is 19.0 Å². The second-order valence-electron chi connectivity index (χ2n) is 4.38. The van der Waals surface area contributed by atoms with E-state index in [2.05, 4.69) is 0 Å². The van der Waals surface area contributed by atoms with E-state index in [1.165, 1.54) is 12.5 Å². The summed E-state index contributed by atoms with van der Waals surface area (Å²) in [6.45, 7) is 3.60. The first-order valence-electron chi connectivity index (χ1n) is 6.11. The lowest BCUT2D eigenvalue weighted by Gasteiger charge is -2.39. The van der Waals surface area contributed by atoms with Crippen molar-refractivity contribution in [3.05, 3.63) is 48.3 Å². The predicted octanol–water partition coefficient (Wildman–Crippen LogP) is 2.77. The van der Waals surface area contributed by atoms with Crippen molar-refractivity contribution in [1.29, 1.82) is 0 Å². The molecule has 0 bridgehead atoms. The molecule has 0 saturated heterocycles. The highest BCUT2D eigenvalue weighted by Gasteiger charge is 2.53. The zero-order valence-electron chi connectivity index (χ0n) is 10.6. The third kappa shape index (κ3) is 1.69. The largest absolute Gasteiger partial charge is 0.466 e. The predicted molar refractivity (Wildman–Crippen MR) is 65.8 cm³/mol. The van der Waals surface area contributed by atoms with E-state index in [0.29, 0.717) is 24.4 Å². The molecule has 2 atom stereocenters. The second-order valence-corrected chi connectivity index (χ2v) is 4.38. The molecule has 0 fully saturated rings. The number of hydrogen-bond donors (Lipinski definition) is 2. The van der Waals surface area contributed by atoms with Gasteiger partial charge >= 0.3 is 0 Å². The smallest absolute Gasteiger partial charge is 0.157 e. The molecule has 2 aromatic rings. The summed E-state index contributed by atoms with van der Waals surface area (Å²) in [5.41, 5.74) is -3.02. The van der Waals surface area contributed by atoms with Crippen LogP contribution in [-0.2, 0) is 11.2 Å². The molecule has 2 N–H and O–H groups in total. The van der Waals surface area contributed by atoms with Gasteiger partial charge in [-0.3, -0.25) is 0 Å². The fraction of sp³-hybridized carbons (Fsp3) is 0.429. The maximum absolute atomic E-state index is 10.9. The summed E-state index contributed by atoms with van der Waals surface area (Å²) < 4.78 is 10.6. The minimum atomic E-state index is -1.51. The maximum Gasteiger partial charge on any atom is 0.157 e. The van der Waals surface area contributed by atoms with E-state index in [-0.39, 0.29) is 0 Å². The normalized spacial score (nSPS) is 18.2. The van der Waals surface area contributed by atoms with Crippen LogP contribution in [0.3, 0.4) is 0 Å². The van der Waals surface area contributed by atoms with Crippen LogP contribution in [0.4, 0.5) is 0 Å². The third-order valence-electron chi connectivity index (χ3n) is 3.57. The number of aliphatic hydroxyl groups is 2. The molecular weight excluding hydrogens is 232 g/mol. The molecular formula is C14H18O4. The zero-order valence-corrected chi connectivity index (χ0v) is 10.6. The standard InChI is InChI=1S/C14H18O4/c1-3-13(15,11-7-5-9-17-11)14(16,4-2)12-8-6-10-18-12/h5-10,15-16H,3-4H2,1-2H3. The fourth-order valence-electron chi connectivity index (χ4n) is 2.37. The van der Waals surface area contributed by atoms with E-state index >= 15 is 0 Å². The topological polar surface area (TPSA) is 66.7 Å². The lowest BCUT2D eigenvalue weighted by Crippen LogP contribution is -2.48. The Labute approximate surface area is 106 Å². The number of hydrogen-bond acceptors (Lipinski definition) is 4. The molecule has 0 aliphatic carbocycles. The summed E-state index contributed by atoms with van der Waals surface area (Å²) in [5.74, 6) is 0.677. The minimum absolute atomic E-state index is 0.311. The van der Waals surface area contributed by atoms with Crippen molar-refractivity contribution in [1.82, 2.24) is 0 Å². The van der Waals surface area contributed by atoms with Crippen molar-refractivity contribution in [3.8, 4) is 0 Å². The molecule has 0 spiro atoms. The van der Waals surface area contributed by atoms with Gasteiger partial charge in [-0.05, 0) is 37.1 Å². The first-order chi connectivity index (χ1) is 8.58. The Morgan fingerprint density at radius 1 is 0.889 bits per heavy atom. The van der Waals surface area contributed by atoms with Crippen LogP contribution in [0.25, 0.3) is 0 Å². The Balaban J connectivity index is 2.54. The molecule has 4 nitrogen and oxygen atoms in total. The SMILES string of the molecule is CCC(O)(c1ccco1)C(O)(CC)c1ccco1. The summed E-state index contributed by atoms with van der Waals surface area (Å²) in [6.07, 6.45) is 3.58. The van der Waals surface area contributed by atoms with Gasteiger partial charge in [0, 0.05) is 0 Å². The highest BCUT2D eigenvalue weighted by Crippen LogP contribution is 2.45. The van der Waals surface area contributed by atoms with Crippen LogP contribution in [-0.4, -0.2) is 10.2 Å². The van der Waals surface area contributed by atoms with E-state index in [0.717, 1.165) is 0 Å². The van der Waals surface area contributed by atoms with E-state index in [4.69, 9.17) is 8.83 Å². The molecule has 2 rings (SSSR count). The van der Waals surface area contributed by atoms with Gasteiger partial charge in [-0.15, -0.1) is 0 Å². The molecule has 0 radical (unpaired) electrons. The number of rotatable bonds is 5.